The Morgan fingerprint density at radius 1 is 1.05 bits per heavy atom. The molecule has 2 amide bonds. The lowest BCUT2D eigenvalue weighted by Gasteiger charge is -2.08. The summed E-state index contributed by atoms with van der Waals surface area (Å²) in [5.41, 5.74) is 1.66. The number of hydrogen-bond acceptors (Lipinski definition) is 11. The Balaban J connectivity index is 1.53. The molecular weight excluding hydrogens is 607 g/mol. The van der Waals surface area contributed by atoms with E-state index in [2.05, 4.69) is 10.3 Å². The summed E-state index contributed by atoms with van der Waals surface area (Å²) in [6, 6.07) is 5.09. The molecule has 1 aromatic carbocycles. The van der Waals surface area contributed by atoms with Gasteiger partial charge in [-0.1, -0.05) is 17.8 Å². The van der Waals surface area contributed by atoms with Gasteiger partial charge in [0.1, 0.15) is 28.8 Å². The van der Waals surface area contributed by atoms with Crippen molar-refractivity contribution in [2.24, 2.45) is 4.99 Å². The van der Waals surface area contributed by atoms with Crippen LogP contribution in [0.25, 0.3) is 10.2 Å². The molecule has 0 unspecified atom stereocenters. The van der Waals surface area contributed by atoms with Crippen molar-refractivity contribution in [2.45, 2.75) is 45.6 Å². The van der Waals surface area contributed by atoms with Gasteiger partial charge in [0.15, 0.2) is 14.6 Å². The predicted molar refractivity (Wildman–Crippen MR) is 158 cm³/mol. The van der Waals surface area contributed by atoms with Crippen molar-refractivity contribution >= 4 is 71.5 Å². The highest BCUT2D eigenvalue weighted by atomic mass is 32.2. The third-order valence-electron chi connectivity index (χ3n) is 6.46. The minimum absolute atomic E-state index is 0.0961. The summed E-state index contributed by atoms with van der Waals surface area (Å²) in [6.07, 6.45) is 4.30. The summed E-state index contributed by atoms with van der Waals surface area (Å²) in [5.74, 6) is -4.49. The number of benzene rings is 1. The summed E-state index contributed by atoms with van der Waals surface area (Å²) in [4.78, 5) is 55.4. The molecule has 0 aliphatic heterocycles. The molecule has 0 atom stereocenters. The molecule has 1 aliphatic rings. The molecule has 0 spiro atoms. The first kappa shape index (κ1) is 31.4. The molecule has 226 valence electrons. The number of thiophene rings is 1. The third kappa shape index (κ3) is 7.44. The zero-order chi connectivity index (χ0) is 30.4. The van der Waals surface area contributed by atoms with E-state index >= 15 is 0 Å². The van der Waals surface area contributed by atoms with E-state index in [9.17, 15) is 27.6 Å². The van der Waals surface area contributed by atoms with Crippen LogP contribution in [0.15, 0.2) is 23.2 Å². The standard InChI is InChI=1S/C27H31N3O9S3/c1-4-39-23(33)13-30-18-11-10-16(37-2)12-20(18)41-27(30)29-22(32)15-42(35,36)14-21(31)28-25-24(26(34)38-3)17-8-6-5-7-9-19(17)40-25/h10-12H,4-9,13-15H2,1-3H3,(H,28,31). The van der Waals surface area contributed by atoms with Gasteiger partial charge in [-0.05, 0) is 56.4 Å². The average molecular weight is 638 g/mol. The molecule has 0 saturated heterocycles. The lowest BCUT2D eigenvalue weighted by molar-refractivity contribution is -0.143. The first-order valence-electron chi connectivity index (χ1n) is 13.2. The third-order valence-corrected chi connectivity index (χ3v) is 10.1. The smallest absolute Gasteiger partial charge is 0.341 e. The van der Waals surface area contributed by atoms with Crippen molar-refractivity contribution < 1.29 is 41.8 Å². The highest BCUT2D eigenvalue weighted by Crippen LogP contribution is 2.38. The van der Waals surface area contributed by atoms with E-state index in [4.69, 9.17) is 14.2 Å². The molecule has 2 heterocycles. The second-order valence-electron chi connectivity index (χ2n) is 9.46. The highest BCUT2D eigenvalue weighted by Gasteiger charge is 2.28. The number of carbonyl (C=O) groups is 4. The number of aryl methyl sites for hydroxylation is 1. The van der Waals surface area contributed by atoms with Crippen molar-refractivity contribution in [3.8, 4) is 5.75 Å². The van der Waals surface area contributed by atoms with Crippen LogP contribution in [0.5, 0.6) is 5.75 Å². The predicted octanol–water partition coefficient (Wildman–Crippen LogP) is 2.87. The Hall–Kier alpha value is -3.56. The molecule has 12 nitrogen and oxygen atoms in total. The summed E-state index contributed by atoms with van der Waals surface area (Å²) in [6.45, 7) is 1.59. The van der Waals surface area contributed by atoms with Crippen molar-refractivity contribution in [3.05, 3.63) is 39.0 Å². The largest absolute Gasteiger partial charge is 0.497 e. The Morgan fingerprint density at radius 3 is 2.52 bits per heavy atom. The Morgan fingerprint density at radius 2 is 1.81 bits per heavy atom. The number of ether oxygens (including phenoxy) is 3. The molecule has 1 N–H and O–H groups in total. The van der Waals surface area contributed by atoms with Crippen LogP contribution in [0, 0.1) is 0 Å². The number of nitrogens with zero attached hydrogens (tertiary/aromatic N) is 2. The van der Waals surface area contributed by atoms with Gasteiger partial charge in [0.05, 0.1) is 36.6 Å². The molecule has 0 radical (unpaired) electrons. The second kappa shape index (κ2) is 13.6. The van der Waals surface area contributed by atoms with Crippen molar-refractivity contribution in [3.63, 3.8) is 0 Å². The fourth-order valence-electron chi connectivity index (χ4n) is 4.64. The van der Waals surface area contributed by atoms with Gasteiger partial charge in [-0.3, -0.25) is 14.4 Å². The van der Waals surface area contributed by atoms with E-state index in [0.717, 1.165) is 47.5 Å². The number of carbonyl (C=O) groups excluding carboxylic acids is 4. The maximum Gasteiger partial charge on any atom is 0.341 e. The van der Waals surface area contributed by atoms with Gasteiger partial charge in [-0.25, -0.2) is 13.2 Å². The van der Waals surface area contributed by atoms with Crippen molar-refractivity contribution in [1.29, 1.82) is 0 Å². The molecule has 15 heteroatoms. The fraction of sp³-hybridized carbons (Fsp3) is 0.444. The van der Waals surface area contributed by atoms with Crippen LogP contribution >= 0.6 is 22.7 Å². The average Bonchev–Trinajstić information content (AvgIpc) is 3.33. The first-order chi connectivity index (χ1) is 20.0. The molecule has 0 fully saturated rings. The minimum atomic E-state index is -4.24. The zero-order valence-corrected chi connectivity index (χ0v) is 25.8. The van der Waals surface area contributed by atoms with Crippen LogP contribution in [-0.4, -0.2) is 69.1 Å². The molecule has 0 bridgehead atoms. The quantitative estimate of drug-likeness (QED) is 0.261. The number of fused-ring (bicyclic) bond motifs is 2. The van der Waals surface area contributed by atoms with Gasteiger partial charge >= 0.3 is 11.9 Å². The summed E-state index contributed by atoms with van der Waals surface area (Å²) in [5, 5.41) is 2.79. The normalized spacial score (nSPS) is 13.7. The maximum absolute atomic E-state index is 12.8. The van der Waals surface area contributed by atoms with E-state index in [1.807, 2.05) is 0 Å². The second-order valence-corrected chi connectivity index (χ2v) is 13.6. The summed E-state index contributed by atoms with van der Waals surface area (Å²) >= 11 is 2.32. The number of nitrogens with one attached hydrogen (secondary N) is 1. The van der Waals surface area contributed by atoms with Crippen LogP contribution in [0.3, 0.4) is 0 Å². The Labute approximate surface area is 250 Å². The lowest BCUT2D eigenvalue weighted by atomic mass is 10.1. The maximum atomic E-state index is 12.8. The van der Waals surface area contributed by atoms with E-state index < -0.39 is 45.1 Å². The van der Waals surface area contributed by atoms with Gasteiger partial charge in [-0.15, -0.1) is 11.3 Å². The first-order valence-corrected chi connectivity index (χ1v) is 16.6. The molecule has 4 rings (SSSR count). The zero-order valence-electron chi connectivity index (χ0n) is 23.4. The van der Waals surface area contributed by atoms with E-state index in [1.54, 1.807) is 25.1 Å². The van der Waals surface area contributed by atoms with Crippen molar-refractivity contribution in [2.75, 3.05) is 37.6 Å². The monoisotopic (exact) mass is 637 g/mol. The van der Waals surface area contributed by atoms with Gasteiger partial charge in [0, 0.05) is 4.88 Å². The van der Waals surface area contributed by atoms with Gasteiger partial charge < -0.3 is 24.1 Å². The molecule has 42 heavy (non-hydrogen) atoms. The summed E-state index contributed by atoms with van der Waals surface area (Å²) < 4.78 is 43.0. The fourth-order valence-corrected chi connectivity index (χ4v) is 8.03. The van der Waals surface area contributed by atoms with E-state index in [1.165, 1.54) is 30.1 Å². The number of thiazole rings is 1. The van der Waals surface area contributed by atoms with Crippen LogP contribution < -0.4 is 14.9 Å². The van der Waals surface area contributed by atoms with Crippen LogP contribution in [0.4, 0.5) is 5.00 Å². The lowest BCUT2D eigenvalue weighted by Crippen LogP contribution is -2.29. The van der Waals surface area contributed by atoms with Crippen LogP contribution in [-0.2, 0) is 53.1 Å². The van der Waals surface area contributed by atoms with E-state index in [-0.39, 0.29) is 28.5 Å². The topological polar surface area (TPSA) is 159 Å². The van der Waals surface area contributed by atoms with Gasteiger partial charge in [0.2, 0.25) is 5.91 Å². The molecular formula is C27H31N3O9S3. The van der Waals surface area contributed by atoms with Gasteiger partial charge in [-0.2, -0.15) is 4.99 Å². The number of aromatic nitrogens is 1. The molecule has 1 aliphatic carbocycles. The van der Waals surface area contributed by atoms with E-state index in [0.29, 0.717) is 22.4 Å². The van der Waals surface area contributed by atoms with Crippen molar-refractivity contribution in [1.82, 2.24) is 4.57 Å². The Kier molecular flexibility index (Phi) is 10.2. The SMILES string of the molecule is CCOC(=O)Cn1c(=NC(=O)CS(=O)(=O)CC(=O)Nc2sc3c(c2C(=O)OC)CCCCC3)sc2cc(OC)ccc21. The number of sulfone groups is 1. The number of amides is 2. The van der Waals surface area contributed by atoms with Crippen LogP contribution in [0.2, 0.25) is 0 Å². The molecule has 2 aromatic heterocycles. The number of hydrogen-bond donors (Lipinski definition) is 1. The molecule has 0 saturated carbocycles. The minimum Gasteiger partial charge on any atom is -0.497 e. The number of anilines is 1. The number of rotatable bonds is 10. The molecule has 3 aromatic rings. The highest BCUT2D eigenvalue weighted by molar-refractivity contribution is 7.92. The number of esters is 2. The van der Waals surface area contributed by atoms with Gasteiger partial charge in [0.25, 0.3) is 5.91 Å². The Bertz CT molecular complexity index is 1700. The number of methoxy groups -OCH3 is 2. The summed E-state index contributed by atoms with van der Waals surface area (Å²) in [7, 11) is -1.49. The van der Waals surface area contributed by atoms with Crippen LogP contribution in [0.1, 0.15) is 47.0 Å².